The first kappa shape index (κ1) is 14.5. The molecule has 20 heavy (non-hydrogen) atoms. The first-order valence-electron chi connectivity index (χ1n) is 6.51. The molecule has 0 atom stereocenters. The number of rotatable bonds is 6. The molecule has 0 N–H and O–H groups in total. The van der Waals surface area contributed by atoms with Crippen LogP contribution in [0.3, 0.4) is 0 Å². The minimum Gasteiger partial charge on any atom is -0.294 e. The van der Waals surface area contributed by atoms with Crippen molar-refractivity contribution in [2.45, 2.75) is 25.5 Å². The molecule has 0 saturated heterocycles. The van der Waals surface area contributed by atoms with Crippen LogP contribution in [0.15, 0.2) is 48.8 Å². The number of hydrogen-bond donors (Lipinski definition) is 0. The van der Waals surface area contributed by atoms with Crippen LogP contribution in [-0.2, 0) is 15.8 Å². The van der Waals surface area contributed by atoms with E-state index in [1.54, 1.807) is 30.3 Å². The van der Waals surface area contributed by atoms with E-state index in [0.717, 1.165) is 16.0 Å². The van der Waals surface area contributed by atoms with Gasteiger partial charge in [0.1, 0.15) is 0 Å². The smallest absolute Gasteiger partial charge is 0.242 e. The fourth-order valence-corrected chi connectivity index (χ4v) is 3.23. The summed E-state index contributed by atoms with van der Waals surface area (Å²) in [5.41, 5.74) is 1.17. The van der Waals surface area contributed by atoms with Crippen molar-refractivity contribution in [2.24, 2.45) is 0 Å². The van der Waals surface area contributed by atoms with E-state index >= 15 is 0 Å². The van der Waals surface area contributed by atoms with Crippen LogP contribution in [0.1, 0.15) is 35.7 Å². The van der Waals surface area contributed by atoms with Gasteiger partial charge in [-0.3, -0.25) is 8.77 Å². The van der Waals surface area contributed by atoms with E-state index < -0.39 is 10.0 Å². The van der Waals surface area contributed by atoms with Crippen LogP contribution in [0.4, 0.5) is 0 Å². The van der Waals surface area contributed by atoms with E-state index in [9.17, 15) is 13.2 Å². The number of carbonyl (C=O) groups is 1. The SMILES string of the molecule is CCCC(=O)c1ccn(S(=O)(=O)Cc2ccccc2)c1. The summed E-state index contributed by atoms with van der Waals surface area (Å²) in [6, 6.07) is 10.5. The predicted molar refractivity (Wildman–Crippen MR) is 78.1 cm³/mol. The molecule has 1 aromatic carbocycles. The molecule has 2 aromatic rings. The Kier molecular flexibility index (Phi) is 4.39. The summed E-state index contributed by atoms with van der Waals surface area (Å²) in [5, 5.41) is 0. The van der Waals surface area contributed by atoms with Crippen molar-refractivity contribution in [3.05, 3.63) is 59.9 Å². The van der Waals surface area contributed by atoms with Gasteiger partial charge in [-0.15, -0.1) is 0 Å². The van der Waals surface area contributed by atoms with Gasteiger partial charge in [-0.25, -0.2) is 8.42 Å². The highest BCUT2D eigenvalue weighted by atomic mass is 32.2. The normalized spacial score (nSPS) is 11.4. The lowest BCUT2D eigenvalue weighted by Gasteiger charge is -2.05. The highest BCUT2D eigenvalue weighted by Gasteiger charge is 2.16. The average molecular weight is 291 g/mol. The van der Waals surface area contributed by atoms with E-state index in [1.165, 1.54) is 12.4 Å². The second kappa shape index (κ2) is 6.05. The maximum absolute atomic E-state index is 12.2. The van der Waals surface area contributed by atoms with Crippen LogP contribution in [0, 0.1) is 0 Å². The Hall–Kier alpha value is -1.88. The maximum atomic E-state index is 12.2. The second-order valence-electron chi connectivity index (χ2n) is 4.65. The lowest BCUT2D eigenvalue weighted by molar-refractivity contribution is 0.0982. The molecular formula is C15H17NO3S. The van der Waals surface area contributed by atoms with Crippen LogP contribution in [0.25, 0.3) is 0 Å². The van der Waals surface area contributed by atoms with E-state index in [2.05, 4.69) is 0 Å². The zero-order valence-electron chi connectivity index (χ0n) is 11.3. The molecule has 1 aromatic heterocycles. The summed E-state index contributed by atoms with van der Waals surface area (Å²) in [4.78, 5) is 11.7. The van der Waals surface area contributed by atoms with Crippen molar-refractivity contribution in [3.63, 3.8) is 0 Å². The Morgan fingerprint density at radius 2 is 1.85 bits per heavy atom. The fourth-order valence-electron chi connectivity index (χ4n) is 1.95. The Labute approximate surface area is 119 Å². The molecular weight excluding hydrogens is 274 g/mol. The maximum Gasteiger partial charge on any atom is 0.242 e. The summed E-state index contributed by atoms with van der Waals surface area (Å²) < 4.78 is 25.6. The predicted octanol–water partition coefficient (Wildman–Crippen LogP) is 2.85. The third kappa shape index (κ3) is 3.36. The quantitative estimate of drug-likeness (QED) is 0.769. The van der Waals surface area contributed by atoms with E-state index in [-0.39, 0.29) is 11.5 Å². The number of carbonyl (C=O) groups excluding carboxylic acids is 1. The van der Waals surface area contributed by atoms with Crippen molar-refractivity contribution < 1.29 is 13.2 Å². The van der Waals surface area contributed by atoms with Gasteiger partial charge in [0.25, 0.3) is 0 Å². The van der Waals surface area contributed by atoms with E-state index in [1.807, 2.05) is 13.0 Å². The zero-order valence-corrected chi connectivity index (χ0v) is 12.1. The molecule has 0 amide bonds. The van der Waals surface area contributed by atoms with Gasteiger partial charge in [0, 0.05) is 24.4 Å². The molecule has 0 aliphatic heterocycles. The van der Waals surface area contributed by atoms with Crippen LogP contribution < -0.4 is 0 Å². The molecule has 5 heteroatoms. The molecule has 1 heterocycles. The molecule has 0 spiro atoms. The van der Waals surface area contributed by atoms with E-state index in [0.29, 0.717) is 12.0 Å². The van der Waals surface area contributed by atoms with Crippen molar-refractivity contribution in [1.29, 1.82) is 0 Å². The largest absolute Gasteiger partial charge is 0.294 e. The molecule has 0 saturated carbocycles. The first-order chi connectivity index (χ1) is 9.53. The Balaban J connectivity index is 2.20. The van der Waals surface area contributed by atoms with Crippen molar-refractivity contribution in [1.82, 2.24) is 3.97 Å². The van der Waals surface area contributed by atoms with Gasteiger partial charge in [0.2, 0.25) is 10.0 Å². The topological polar surface area (TPSA) is 56.1 Å². The summed E-state index contributed by atoms with van der Waals surface area (Å²) in [6.45, 7) is 1.92. The number of hydrogen-bond acceptors (Lipinski definition) is 3. The summed E-state index contributed by atoms with van der Waals surface area (Å²) in [5.74, 6) is -0.106. The third-order valence-electron chi connectivity index (χ3n) is 2.98. The Morgan fingerprint density at radius 1 is 1.15 bits per heavy atom. The minimum atomic E-state index is -3.48. The Bertz CT molecular complexity index is 687. The fraction of sp³-hybridized carbons (Fsp3) is 0.267. The Morgan fingerprint density at radius 3 is 2.50 bits per heavy atom. The molecule has 0 unspecified atom stereocenters. The lowest BCUT2D eigenvalue weighted by Crippen LogP contribution is -2.13. The van der Waals surface area contributed by atoms with Gasteiger partial charge in [0.05, 0.1) is 5.75 Å². The standard InChI is InChI=1S/C15H17NO3S/c1-2-6-15(17)14-9-10-16(11-14)20(18,19)12-13-7-4-3-5-8-13/h3-5,7-11H,2,6,12H2,1H3. The van der Waals surface area contributed by atoms with Crippen LogP contribution >= 0.6 is 0 Å². The van der Waals surface area contributed by atoms with Crippen LogP contribution in [0.2, 0.25) is 0 Å². The molecule has 0 aliphatic carbocycles. The van der Waals surface area contributed by atoms with Gasteiger partial charge in [0.15, 0.2) is 5.78 Å². The van der Waals surface area contributed by atoms with Gasteiger partial charge in [-0.2, -0.15) is 0 Å². The van der Waals surface area contributed by atoms with Crippen LogP contribution in [0.5, 0.6) is 0 Å². The molecule has 0 radical (unpaired) electrons. The summed E-state index contributed by atoms with van der Waals surface area (Å²) in [6.07, 6.45) is 4.01. The second-order valence-corrected chi connectivity index (χ2v) is 6.52. The molecule has 4 nitrogen and oxygen atoms in total. The van der Waals surface area contributed by atoms with Crippen molar-refractivity contribution >= 4 is 15.8 Å². The molecule has 0 fully saturated rings. The van der Waals surface area contributed by atoms with Crippen molar-refractivity contribution in [3.8, 4) is 0 Å². The third-order valence-corrected chi connectivity index (χ3v) is 4.55. The molecule has 2 rings (SSSR count). The van der Waals surface area contributed by atoms with Gasteiger partial charge < -0.3 is 0 Å². The van der Waals surface area contributed by atoms with Crippen LogP contribution in [-0.4, -0.2) is 18.2 Å². The van der Waals surface area contributed by atoms with E-state index in [4.69, 9.17) is 0 Å². The average Bonchev–Trinajstić information content (AvgIpc) is 2.90. The van der Waals surface area contributed by atoms with Crippen molar-refractivity contribution in [2.75, 3.05) is 0 Å². The lowest BCUT2D eigenvalue weighted by atomic mass is 10.1. The number of benzene rings is 1. The summed E-state index contributed by atoms with van der Waals surface area (Å²) in [7, 11) is -3.48. The monoisotopic (exact) mass is 291 g/mol. The molecule has 106 valence electrons. The number of aromatic nitrogens is 1. The molecule has 0 bridgehead atoms. The number of ketones is 1. The zero-order chi connectivity index (χ0) is 14.6. The highest BCUT2D eigenvalue weighted by Crippen LogP contribution is 2.13. The molecule has 0 aliphatic rings. The van der Waals surface area contributed by atoms with Gasteiger partial charge in [-0.1, -0.05) is 37.3 Å². The number of Topliss-reactive ketones (excluding diaryl/α,β-unsaturated/α-hetero) is 1. The highest BCUT2D eigenvalue weighted by molar-refractivity contribution is 7.89. The summed E-state index contributed by atoms with van der Waals surface area (Å²) >= 11 is 0. The van der Waals surface area contributed by atoms with Gasteiger partial charge in [-0.05, 0) is 18.1 Å². The minimum absolute atomic E-state index is 0.0267. The first-order valence-corrected chi connectivity index (χ1v) is 8.12. The number of nitrogens with zero attached hydrogens (tertiary/aromatic N) is 1. The van der Waals surface area contributed by atoms with Gasteiger partial charge >= 0.3 is 0 Å².